The summed E-state index contributed by atoms with van der Waals surface area (Å²) in [5.41, 5.74) is -1.85. The van der Waals surface area contributed by atoms with Gasteiger partial charge in [0.05, 0.1) is 26.4 Å². The van der Waals surface area contributed by atoms with Crippen molar-refractivity contribution in [3.05, 3.63) is 33.1 Å². The van der Waals surface area contributed by atoms with Crippen LogP contribution in [0.2, 0.25) is 0 Å². The molecule has 0 aromatic carbocycles. The first-order valence-electron chi connectivity index (χ1n) is 12.6. The number of rotatable bonds is 14. The van der Waals surface area contributed by atoms with Gasteiger partial charge in [-0.25, -0.2) is 13.9 Å². The Morgan fingerprint density at radius 1 is 1.24 bits per heavy atom. The van der Waals surface area contributed by atoms with Crippen molar-refractivity contribution in [2.75, 3.05) is 32.2 Å². The van der Waals surface area contributed by atoms with Crippen LogP contribution in [-0.2, 0) is 23.3 Å². The Morgan fingerprint density at radius 2 is 1.89 bits per heavy atom. The van der Waals surface area contributed by atoms with Crippen molar-refractivity contribution in [2.24, 2.45) is 5.41 Å². The predicted octanol–water partition coefficient (Wildman–Crippen LogP) is 2.83. The number of carbonyl (C=O) groups excluding carboxylic acids is 1. The normalized spacial score (nSPS) is 23.1. The second kappa shape index (κ2) is 15.0. The Bertz CT molecular complexity index is 994. The van der Waals surface area contributed by atoms with Gasteiger partial charge in [0.2, 0.25) is 0 Å². The lowest BCUT2D eigenvalue weighted by Gasteiger charge is -2.37. The van der Waals surface area contributed by atoms with E-state index in [0.717, 1.165) is 16.8 Å². The Labute approximate surface area is 228 Å². The molecule has 2 unspecified atom stereocenters. The first-order chi connectivity index (χ1) is 17.8. The number of ether oxygens (including phenoxy) is 2. The molecule has 1 aromatic rings. The molecule has 1 saturated heterocycles. The van der Waals surface area contributed by atoms with E-state index in [-0.39, 0.29) is 30.4 Å². The highest BCUT2D eigenvalue weighted by atomic mass is 32.2. The number of hydrogen-bond acceptors (Lipinski definition) is 10. The molecule has 0 bridgehead atoms. The zero-order chi connectivity index (χ0) is 28.6. The number of nitrogens with one attached hydrogen (secondary N) is 1. The lowest BCUT2D eigenvalue weighted by atomic mass is 10.00. The number of carbonyl (C=O) groups is 1. The molecule has 218 valence electrons. The van der Waals surface area contributed by atoms with Gasteiger partial charge in [-0.15, -0.1) is 0 Å². The van der Waals surface area contributed by atoms with Gasteiger partial charge in [-0.1, -0.05) is 32.5 Å². The summed E-state index contributed by atoms with van der Waals surface area (Å²) in [5, 5.41) is 9.97. The maximum Gasteiger partial charge on any atom is 0.330 e. The number of halogens is 1. The fourth-order valence-corrected chi connectivity index (χ4v) is 6.30. The maximum absolute atomic E-state index is 15.6. The van der Waals surface area contributed by atoms with E-state index in [0.29, 0.717) is 12.4 Å². The first-order valence-corrected chi connectivity index (χ1v) is 14.7. The summed E-state index contributed by atoms with van der Waals surface area (Å²) in [6, 6.07) is 1.08. The molecule has 2 rings (SSSR count). The van der Waals surface area contributed by atoms with Crippen LogP contribution >= 0.6 is 20.3 Å². The summed E-state index contributed by atoms with van der Waals surface area (Å²) < 4.78 is 41.9. The highest BCUT2D eigenvalue weighted by Crippen LogP contribution is 2.50. The van der Waals surface area contributed by atoms with Gasteiger partial charge in [0.1, 0.15) is 12.2 Å². The third-order valence-corrected chi connectivity index (χ3v) is 8.91. The van der Waals surface area contributed by atoms with Crippen LogP contribution in [0.3, 0.4) is 0 Å². The number of aliphatic hydroxyl groups is 1. The van der Waals surface area contributed by atoms with Gasteiger partial charge in [-0.3, -0.25) is 19.1 Å². The number of nitrogens with zero attached hydrogens (tertiary/aromatic N) is 2. The van der Waals surface area contributed by atoms with E-state index in [1.54, 1.807) is 0 Å². The van der Waals surface area contributed by atoms with Crippen molar-refractivity contribution in [2.45, 2.75) is 85.2 Å². The third kappa shape index (κ3) is 9.19. The molecule has 5 atom stereocenters. The first kappa shape index (κ1) is 33.0. The average Bonchev–Trinajstić information content (AvgIpc) is 3.12. The second-order valence-electron chi connectivity index (χ2n) is 10.4. The van der Waals surface area contributed by atoms with Crippen molar-refractivity contribution in [3.63, 3.8) is 0 Å². The topological polar surface area (TPSA) is 132 Å². The molecule has 1 aliphatic heterocycles. The van der Waals surface area contributed by atoms with Crippen LogP contribution in [0.1, 0.15) is 54.7 Å². The molecular formula is C24H41FN3O8PS. The lowest BCUT2D eigenvalue weighted by molar-refractivity contribution is -0.117. The molecule has 11 nitrogen and oxygen atoms in total. The van der Waals surface area contributed by atoms with Crippen LogP contribution in [0.5, 0.6) is 0 Å². The molecule has 1 aromatic heterocycles. The molecule has 0 saturated carbocycles. The van der Waals surface area contributed by atoms with Gasteiger partial charge in [0.15, 0.2) is 17.5 Å². The Balaban J connectivity index is 2.06. The highest BCUT2D eigenvalue weighted by molar-refractivity contribution is 8.13. The molecule has 2 heterocycles. The fourth-order valence-electron chi connectivity index (χ4n) is 3.73. The van der Waals surface area contributed by atoms with E-state index in [2.05, 4.69) is 4.98 Å². The van der Waals surface area contributed by atoms with Gasteiger partial charge < -0.3 is 23.6 Å². The minimum absolute atomic E-state index is 0.00702. The molecule has 0 spiro atoms. The SMILES string of the molecule is CC(C)N(C(C)C)P(OCCOCCSC(=O)C(C)(C)C)OC1[C@@H](CO)O[C@@H](n2ccc(=O)[nH]c2=O)[C@H]1F. The van der Waals surface area contributed by atoms with Crippen molar-refractivity contribution < 1.29 is 32.8 Å². The monoisotopic (exact) mass is 581 g/mol. The Morgan fingerprint density at radius 3 is 2.45 bits per heavy atom. The van der Waals surface area contributed by atoms with Crippen LogP contribution in [0.4, 0.5) is 4.39 Å². The quantitative estimate of drug-likeness (QED) is 0.250. The second-order valence-corrected chi connectivity index (χ2v) is 12.9. The summed E-state index contributed by atoms with van der Waals surface area (Å²) in [4.78, 5) is 37.7. The maximum atomic E-state index is 15.6. The smallest absolute Gasteiger partial charge is 0.330 e. The number of H-pyrrole nitrogens is 1. The van der Waals surface area contributed by atoms with Crippen LogP contribution in [-0.4, -0.2) is 87.1 Å². The van der Waals surface area contributed by atoms with Crippen molar-refractivity contribution in [1.82, 2.24) is 14.2 Å². The summed E-state index contributed by atoms with van der Waals surface area (Å²) >= 11 is 1.23. The number of thioether (sulfide) groups is 1. The molecule has 0 radical (unpaired) electrons. The molecule has 1 aliphatic rings. The third-order valence-electron chi connectivity index (χ3n) is 5.53. The van der Waals surface area contributed by atoms with E-state index in [4.69, 9.17) is 18.5 Å². The molecule has 14 heteroatoms. The van der Waals surface area contributed by atoms with Gasteiger partial charge in [0.25, 0.3) is 14.1 Å². The highest BCUT2D eigenvalue weighted by Gasteiger charge is 2.49. The Kier molecular flexibility index (Phi) is 13.0. The molecule has 0 aliphatic carbocycles. The van der Waals surface area contributed by atoms with Gasteiger partial charge in [-0.2, -0.15) is 0 Å². The summed E-state index contributed by atoms with van der Waals surface area (Å²) in [6.07, 6.45) is -4.35. The van der Waals surface area contributed by atoms with Crippen molar-refractivity contribution in [1.29, 1.82) is 0 Å². The van der Waals surface area contributed by atoms with Crippen LogP contribution in [0.15, 0.2) is 21.9 Å². The number of alkyl halides is 1. The number of aliphatic hydroxyl groups excluding tert-OH is 1. The van der Waals surface area contributed by atoms with Gasteiger partial charge >= 0.3 is 5.69 Å². The molecule has 38 heavy (non-hydrogen) atoms. The zero-order valence-electron chi connectivity index (χ0n) is 23.1. The predicted molar refractivity (Wildman–Crippen MR) is 145 cm³/mol. The van der Waals surface area contributed by atoms with E-state index < -0.39 is 56.4 Å². The molecule has 1 fully saturated rings. The van der Waals surface area contributed by atoms with E-state index in [9.17, 15) is 19.5 Å². The zero-order valence-corrected chi connectivity index (χ0v) is 24.8. The van der Waals surface area contributed by atoms with E-state index in [1.165, 1.54) is 11.8 Å². The van der Waals surface area contributed by atoms with E-state index >= 15 is 4.39 Å². The summed E-state index contributed by atoms with van der Waals surface area (Å²) in [6.45, 7) is 13.7. The minimum Gasteiger partial charge on any atom is -0.394 e. The standard InChI is InChI=1S/C24H41FN3O8PS/c1-15(2)28(16(3)4)37(34-11-10-33-12-13-38-22(31)24(5,6)7)36-20-17(14-29)35-21(19(20)25)27-9-8-18(30)26-23(27)32/h8-9,15-17,19-21,29H,10-14H2,1-7H3,(H,26,30,32)/t17-,19+,20?,21-,37?/m1/s1. The van der Waals surface area contributed by atoms with Gasteiger partial charge in [0, 0.05) is 35.5 Å². The minimum atomic E-state index is -1.82. The van der Waals surface area contributed by atoms with Crippen LogP contribution in [0.25, 0.3) is 0 Å². The fraction of sp³-hybridized carbons (Fsp3) is 0.792. The number of aromatic amines is 1. The summed E-state index contributed by atoms with van der Waals surface area (Å²) in [7, 11) is -1.81. The van der Waals surface area contributed by atoms with Crippen LogP contribution in [0, 0.1) is 5.41 Å². The van der Waals surface area contributed by atoms with E-state index in [1.807, 2.05) is 53.1 Å². The lowest BCUT2D eigenvalue weighted by Crippen LogP contribution is -2.39. The number of aromatic nitrogens is 2. The largest absolute Gasteiger partial charge is 0.394 e. The molecule has 0 amide bonds. The van der Waals surface area contributed by atoms with Gasteiger partial charge in [-0.05, 0) is 27.7 Å². The summed E-state index contributed by atoms with van der Waals surface area (Å²) in [5.74, 6) is 0.526. The van der Waals surface area contributed by atoms with Crippen molar-refractivity contribution >= 4 is 25.4 Å². The molecular weight excluding hydrogens is 540 g/mol. The Hall–Kier alpha value is -1.18. The van der Waals surface area contributed by atoms with Crippen LogP contribution < -0.4 is 11.2 Å². The molecule has 2 N–H and O–H groups in total. The van der Waals surface area contributed by atoms with Crippen molar-refractivity contribution in [3.8, 4) is 0 Å². The number of hydrogen-bond donors (Lipinski definition) is 2. The average molecular weight is 582 g/mol.